The minimum absolute atomic E-state index is 0.224. The van der Waals surface area contributed by atoms with Crippen LogP contribution in [0.5, 0.6) is 0 Å². The van der Waals surface area contributed by atoms with E-state index < -0.39 is 23.7 Å². The van der Waals surface area contributed by atoms with Crippen LogP contribution in [0, 0.1) is 0 Å². The summed E-state index contributed by atoms with van der Waals surface area (Å²) in [4.78, 5) is 36.1. The van der Waals surface area contributed by atoms with Crippen LogP contribution in [-0.2, 0) is 23.8 Å². The van der Waals surface area contributed by atoms with Gasteiger partial charge in [-0.15, -0.1) is 0 Å². The molecule has 0 radical (unpaired) electrons. The maximum absolute atomic E-state index is 12.1. The molecular formula is C21H20O7. The lowest BCUT2D eigenvalue weighted by Gasteiger charge is -2.29. The second-order valence-corrected chi connectivity index (χ2v) is 6.97. The summed E-state index contributed by atoms with van der Waals surface area (Å²) in [6.07, 6.45) is 1.04. The second-order valence-electron chi connectivity index (χ2n) is 6.97. The highest BCUT2D eigenvalue weighted by atomic mass is 16.7. The number of hydrogen-bond acceptors (Lipinski definition) is 7. The number of carbonyl (C=O) groups is 3. The average molecular weight is 384 g/mol. The molecule has 1 aliphatic heterocycles. The van der Waals surface area contributed by atoms with Crippen LogP contribution in [0.2, 0.25) is 0 Å². The molecule has 1 aromatic heterocycles. The van der Waals surface area contributed by atoms with E-state index in [1.807, 2.05) is 0 Å². The van der Waals surface area contributed by atoms with Crippen molar-refractivity contribution >= 4 is 24.0 Å². The van der Waals surface area contributed by atoms with Crippen LogP contribution in [0.25, 0.3) is 17.4 Å². The lowest BCUT2D eigenvalue weighted by molar-refractivity contribution is -0.222. The van der Waals surface area contributed by atoms with Gasteiger partial charge in [-0.3, -0.25) is 0 Å². The minimum atomic E-state index is -1.30. The summed E-state index contributed by atoms with van der Waals surface area (Å²) < 4.78 is 21.0. The number of hydrogen-bond donors (Lipinski definition) is 0. The quantitative estimate of drug-likeness (QED) is 0.450. The molecular weight excluding hydrogens is 364 g/mol. The van der Waals surface area contributed by atoms with Crippen LogP contribution in [0.3, 0.4) is 0 Å². The van der Waals surface area contributed by atoms with Gasteiger partial charge >= 0.3 is 17.9 Å². The van der Waals surface area contributed by atoms with E-state index in [1.165, 1.54) is 19.9 Å². The number of cyclic esters (lactones) is 2. The van der Waals surface area contributed by atoms with Crippen molar-refractivity contribution < 1.29 is 33.0 Å². The maximum Gasteiger partial charge on any atom is 0.348 e. The van der Waals surface area contributed by atoms with Gasteiger partial charge in [-0.05, 0) is 38.1 Å². The third-order valence-electron chi connectivity index (χ3n) is 3.76. The van der Waals surface area contributed by atoms with Gasteiger partial charge in [-0.2, -0.15) is 0 Å². The zero-order valence-corrected chi connectivity index (χ0v) is 16.0. The van der Waals surface area contributed by atoms with Crippen molar-refractivity contribution in [1.82, 2.24) is 0 Å². The van der Waals surface area contributed by atoms with Gasteiger partial charge in [0.1, 0.15) is 17.1 Å². The van der Waals surface area contributed by atoms with E-state index in [1.54, 1.807) is 50.2 Å². The molecule has 146 valence electrons. The van der Waals surface area contributed by atoms with Crippen LogP contribution in [0.4, 0.5) is 0 Å². The van der Waals surface area contributed by atoms with Crippen molar-refractivity contribution in [2.75, 3.05) is 0 Å². The molecule has 1 saturated heterocycles. The van der Waals surface area contributed by atoms with Gasteiger partial charge in [0.15, 0.2) is 0 Å². The van der Waals surface area contributed by atoms with Crippen molar-refractivity contribution in [3.8, 4) is 11.3 Å². The molecule has 0 spiro atoms. The number of furan rings is 1. The molecule has 3 rings (SSSR count). The maximum atomic E-state index is 12.1. The smallest absolute Gasteiger partial charge is 0.348 e. The van der Waals surface area contributed by atoms with Gasteiger partial charge in [-0.25, -0.2) is 14.4 Å². The van der Waals surface area contributed by atoms with Crippen LogP contribution in [0.15, 0.2) is 46.4 Å². The molecule has 2 aromatic rings. The molecule has 1 aromatic carbocycles. The van der Waals surface area contributed by atoms with E-state index in [2.05, 4.69) is 0 Å². The molecule has 1 fully saturated rings. The van der Waals surface area contributed by atoms with Gasteiger partial charge in [0.05, 0.1) is 11.7 Å². The van der Waals surface area contributed by atoms with E-state index in [-0.39, 0.29) is 17.4 Å². The summed E-state index contributed by atoms with van der Waals surface area (Å²) in [5.41, 5.74) is 0.788. The molecule has 7 nitrogen and oxygen atoms in total. The Kier molecular flexibility index (Phi) is 5.09. The Morgan fingerprint density at radius 2 is 1.75 bits per heavy atom. The zero-order chi connectivity index (χ0) is 20.5. The van der Waals surface area contributed by atoms with Gasteiger partial charge in [0, 0.05) is 25.5 Å². The van der Waals surface area contributed by atoms with E-state index in [0.717, 1.165) is 0 Å². The Labute approximate surface area is 161 Å². The Morgan fingerprint density at radius 1 is 1.07 bits per heavy atom. The average Bonchev–Trinajstić information content (AvgIpc) is 3.05. The number of ether oxygens (including phenoxy) is 3. The molecule has 0 saturated carbocycles. The molecule has 28 heavy (non-hydrogen) atoms. The van der Waals surface area contributed by atoms with Gasteiger partial charge in [-0.1, -0.05) is 12.1 Å². The highest BCUT2D eigenvalue weighted by Gasteiger charge is 2.39. The van der Waals surface area contributed by atoms with Gasteiger partial charge in [0.25, 0.3) is 5.79 Å². The molecule has 0 atom stereocenters. The molecule has 1 aliphatic rings. The highest BCUT2D eigenvalue weighted by Crippen LogP contribution is 2.27. The summed E-state index contributed by atoms with van der Waals surface area (Å²) in [5, 5.41) is 0. The molecule has 0 bridgehead atoms. The largest absolute Gasteiger partial charge is 0.459 e. The third kappa shape index (κ3) is 4.31. The summed E-state index contributed by atoms with van der Waals surface area (Å²) in [6.45, 7) is 6.50. The molecule has 2 heterocycles. The molecule has 0 amide bonds. The van der Waals surface area contributed by atoms with Gasteiger partial charge < -0.3 is 18.6 Å². The normalized spacial score (nSPS) is 15.8. The number of carbonyl (C=O) groups excluding carboxylic acids is 3. The Morgan fingerprint density at radius 3 is 2.39 bits per heavy atom. The van der Waals surface area contributed by atoms with Crippen molar-refractivity contribution in [3.05, 3.63) is 53.3 Å². The van der Waals surface area contributed by atoms with Crippen molar-refractivity contribution in [3.63, 3.8) is 0 Å². The molecule has 0 unspecified atom stereocenters. The third-order valence-corrected chi connectivity index (χ3v) is 3.76. The predicted molar refractivity (Wildman–Crippen MR) is 98.9 cm³/mol. The second kappa shape index (κ2) is 7.34. The highest BCUT2D eigenvalue weighted by molar-refractivity contribution is 6.18. The van der Waals surface area contributed by atoms with Crippen LogP contribution < -0.4 is 0 Å². The summed E-state index contributed by atoms with van der Waals surface area (Å²) >= 11 is 0. The van der Waals surface area contributed by atoms with Crippen LogP contribution in [0.1, 0.15) is 43.8 Å². The first-order valence-electron chi connectivity index (χ1n) is 8.74. The summed E-state index contributed by atoms with van der Waals surface area (Å²) in [6, 6.07) is 10.0. The van der Waals surface area contributed by atoms with Crippen molar-refractivity contribution in [2.45, 2.75) is 39.6 Å². The van der Waals surface area contributed by atoms with E-state index in [4.69, 9.17) is 18.6 Å². The number of esters is 3. The Balaban J connectivity index is 1.84. The first-order chi connectivity index (χ1) is 13.1. The lowest BCUT2D eigenvalue weighted by atomic mass is 10.1. The molecule has 0 aliphatic carbocycles. The molecule has 7 heteroatoms. The monoisotopic (exact) mass is 384 g/mol. The van der Waals surface area contributed by atoms with E-state index >= 15 is 0 Å². The topological polar surface area (TPSA) is 92.0 Å². The Hall–Kier alpha value is -3.35. The summed E-state index contributed by atoms with van der Waals surface area (Å²) in [7, 11) is 0. The SMILES string of the molecule is CC(C)OC(=O)c1cccc(-c2ccc(C=C3C(=O)OC(C)(C)OC3=O)o2)c1. The van der Waals surface area contributed by atoms with E-state index in [0.29, 0.717) is 16.9 Å². The van der Waals surface area contributed by atoms with Crippen LogP contribution in [-0.4, -0.2) is 29.8 Å². The molecule has 0 N–H and O–H groups in total. The fourth-order valence-electron chi connectivity index (χ4n) is 2.59. The van der Waals surface area contributed by atoms with Crippen molar-refractivity contribution in [2.24, 2.45) is 0 Å². The number of benzene rings is 1. The zero-order valence-electron chi connectivity index (χ0n) is 16.0. The first kappa shape index (κ1) is 19.4. The van der Waals surface area contributed by atoms with E-state index in [9.17, 15) is 14.4 Å². The first-order valence-corrected chi connectivity index (χ1v) is 8.74. The number of rotatable bonds is 4. The Bertz CT molecular complexity index is 941. The van der Waals surface area contributed by atoms with Crippen molar-refractivity contribution in [1.29, 1.82) is 0 Å². The minimum Gasteiger partial charge on any atom is -0.459 e. The standard InChI is InChI=1S/C21H20O7/c1-12(2)25-18(22)14-7-5-6-13(10-14)17-9-8-15(26-17)11-16-19(23)27-21(3,4)28-20(16)24/h5-12H,1-4H3. The fraction of sp³-hybridized carbons (Fsp3) is 0.286. The lowest BCUT2D eigenvalue weighted by Crippen LogP contribution is -2.41. The fourth-order valence-corrected chi connectivity index (χ4v) is 2.59. The predicted octanol–water partition coefficient (Wildman–Crippen LogP) is 3.73. The van der Waals surface area contributed by atoms with Gasteiger partial charge in [0.2, 0.25) is 0 Å². The van der Waals surface area contributed by atoms with Crippen LogP contribution >= 0.6 is 0 Å². The summed E-state index contributed by atoms with van der Waals surface area (Å²) in [5.74, 6) is -2.56.